The van der Waals surface area contributed by atoms with E-state index in [4.69, 9.17) is 4.74 Å². The molecule has 0 aromatic heterocycles. The Morgan fingerprint density at radius 2 is 1.18 bits per heavy atom. The van der Waals surface area contributed by atoms with Crippen LogP contribution in [0.2, 0.25) is 0 Å². The van der Waals surface area contributed by atoms with Crippen LogP contribution in [-0.2, 0) is 14.3 Å². The number of ether oxygens (including phenoxy) is 1. The molecule has 0 atom stereocenters. The molecule has 0 saturated carbocycles. The minimum absolute atomic E-state index is 0.147. The molecule has 0 bridgehead atoms. The predicted molar refractivity (Wildman–Crippen MR) is 150 cm³/mol. The molecule has 0 aliphatic carbocycles. The summed E-state index contributed by atoms with van der Waals surface area (Å²) in [5.41, 5.74) is 0.874. The second kappa shape index (κ2) is 17.4. The molecule has 1 saturated heterocycles. The number of rotatable bonds is 18. The molecule has 0 spiro atoms. The highest BCUT2D eigenvalue weighted by Gasteiger charge is 2.37. The SMILES string of the molecule is CCCCCCCCCCCCCCCCOC(=O)c1ccc(NC=C2C(=O)N(C)C(=O)N(C)C2=O)cc1. The van der Waals surface area contributed by atoms with Crippen molar-refractivity contribution in [1.29, 1.82) is 0 Å². The number of esters is 1. The third-order valence-corrected chi connectivity index (χ3v) is 6.88. The lowest BCUT2D eigenvalue weighted by molar-refractivity contribution is -0.134. The summed E-state index contributed by atoms with van der Waals surface area (Å²) in [6.07, 6.45) is 19.2. The molecule has 1 heterocycles. The Morgan fingerprint density at radius 1 is 0.737 bits per heavy atom. The van der Waals surface area contributed by atoms with Crippen LogP contribution in [0.15, 0.2) is 36.0 Å². The number of carbonyl (C=O) groups excluding carboxylic acids is 4. The first-order valence-electron chi connectivity index (χ1n) is 14.2. The maximum atomic E-state index is 12.3. The zero-order chi connectivity index (χ0) is 27.8. The Bertz CT molecular complexity index is 916. The monoisotopic (exact) mass is 527 g/mol. The second-order valence-corrected chi connectivity index (χ2v) is 10.0. The van der Waals surface area contributed by atoms with Crippen LogP contribution < -0.4 is 5.32 Å². The van der Waals surface area contributed by atoms with Gasteiger partial charge in [-0.3, -0.25) is 19.4 Å². The number of hydrogen-bond acceptors (Lipinski definition) is 6. The number of likely N-dealkylation sites (N-methyl/N-ethyl adjacent to an activating group) is 2. The van der Waals surface area contributed by atoms with Gasteiger partial charge in [0.15, 0.2) is 0 Å². The van der Waals surface area contributed by atoms with Crippen LogP contribution in [0, 0.1) is 0 Å². The van der Waals surface area contributed by atoms with Crippen molar-refractivity contribution in [3.63, 3.8) is 0 Å². The van der Waals surface area contributed by atoms with E-state index in [9.17, 15) is 19.2 Å². The van der Waals surface area contributed by atoms with Crippen LogP contribution in [0.3, 0.4) is 0 Å². The molecule has 8 heteroatoms. The summed E-state index contributed by atoms with van der Waals surface area (Å²) in [6.45, 7) is 2.67. The van der Waals surface area contributed by atoms with E-state index in [0.717, 1.165) is 22.6 Å². The molecule has 1 N–H and O–H groups in total. The lowest BCUT2D eigenvalue weighted by atomic mass is 10.0. The van der Waals surface area contributed by atoms with E-state index in [0.29, 0.717) is 17.9 Å². The highest BCUT2D eigenvalue weighted by molar-refractivity contribution is 6.28. The predicted octanol–water partition coefficient (Wildman–Crippen LogP) is 6.67. The number of carbonyl (C=O) groups is 4. The van der Waals surface area contributed by atoms with Crippen molar-refractivity contribution in [2.75, 3.05) is 26.0 Å². The smallest absolute Gasteiger partial charge is 0.338 e. The summed E-state index contributed by atoms with van der Waals surface area (Å²) in [6, 6.07) is 5.91. The minimum Gasteiger partial charge on any atom is -0.462 e. The Kier molecular flexibility index (Phi) is 14.2. The number of urea groups is 1. The number of barbiturate groups is 1. The Hall–Kier alpha value is -3.16. The van der Waals surface area contributed by atoms with Gasteiger partial charge < -0.3 is 10.1 Å². The molecule has 1 aromatic rings. The van der Waals surface area contributed by atoms with Gasteiger partial charge in [0.2, 0.25) is 0 Å². The molecule has 2 rings (SSSR count). The Balaban J connectivity index is 1.57. The van der Waals surface area contributed by atoms with Gasteiger partial charge >= 0.3 is 12.0 Å². The van der Waals surface area contributed by atoms with Crippen LogP contribution in [-0.4, -0.2) is 54.3 Å². The van der Waals surface area contributed by atoms with E-state index in [1.54, 1.807) is 24.3 Å². The number of hydrogen-bond donors (Lipinski definition) is 1. The number of imide groups is 2. The van der Waals surface area contributed by atoms with E-state index in [2.05, 4.69) is 12.2 Å². The molecular weight excluding hydrogens is 482 g/mol. The quantitative estimate of drug-likeness (QED) is 0.0991. The van der Waals surface area contributed by atoms with Crippen molar-refractivity contribution in [1.82, 2.24) is 9.80 Å². The molecule has 1 fully saturated rings. The fourth-order valence-electron chi connectivity index (χ4n) is 4.38. The topological polar surface area (TPSA) is 96.0 Å². The molecule has 0 unspecified atom stereocenters. The van der Waals surface area contributed by atoms with E-state index in [1.165, 1.54) is 97.3 Å². The lowest BCUT2D eigenvalue weighted by Crippen LogP contribution is -2.53. The first-order chi connectivity index (χ1) is 18.4. The zero-order valence-electron chi connectivity index (χ0n) is 23.4. The first kappa shape index (κ1) is 31.1. The normalized spacial score (nSPS) is 13.8. The molecule has 1 aliphatic rings. The highest BCUT2D eigenvalue weighted by atomic mass is 16.5. The Labute approximate surface area is 227 Å². The fraction of sp³-hybridized carbons (Fsp3) is 0.600. The average molecular weight is 528 g/mol. The van der Waals surface area contributed by atoms with E-state index >= 15 is 0 Å². The average Bonchev–Trinajstić information content (AvgIpc) is 2.93. The molecule has 1 aliphatic heterocycles. The second-order valence-electron chi connectivity index (χ2n) is 10.0. The third kappa shape index (κ3) is 10.3. The van der Waals surface area contributed by atoms with Crippen molar-refractivity contribution in [3.8, 4) is 0 Å². The van der Waals surface area contributed by atoms with Crippen molar-refractivity contribution < 1.29 is 23.9 Å². The number of nitrogens with one attached hydrogen (secondary N) is 1. The molecule has 1 aromatic carbocycles. The van der Waals surface area contributed by atoms with Gasteiger partial charge in [0.1, 0.15) is 5.57 Å². The van der Waals surface area contributed by atoms with Gasteiger partial charge in [0.25, 0.3) is 11.8 Å². The van der Waals surface area contributed by atoms with Gasteiger partial charge in [-0.1, -0.05) is 90.4 Å². The van der Waals surface area contributed by atoms with E-state index in [-0.39, 0.29) is 11.5 Å². The van der Waals surface area contributed by atoms with Gasteiger partial charge in [-0.2, -0.15) is 0 Å². The summed E-state index contributed by atoms with van der Waals surface area (Å²) in [7, 11) is 2.64. The van der Waals surface area contributed by atoms with Crippen molar-refractivity contribution in [2.45, 2.75) is 96.8 Å². The minimum atomic E-state index is -0.672. The molecule has 8 nitrogen and oxygen atoms in total. The molecule has 210 valence electrons. The summed E-state index contributed by atoms with van der Waals surface area (Å²) < 4.78 is 5.39. The maximum Gasteiger partial charge on any atom is 0.338 e. The number of anilines is 1. The summed E-state index contributed by atoms with van der Waals surface area (Å²) in [5, 5.41) is 2.88. The van der Waals surface area contributed by atoms with Crippen molar-refractivity contribution in [3.05, 3.63) is 41.6 Å². The van der Waals surface area contributed by atoms with Gasteiger partial charge in [0.05, 0.1) is 12.2 Å². The number of amides is 4. The standard InChI is InChI=1S/C30H45N3O5/c1-4-5-6-7-8-9-10-11-12-13-14-15-16-17-22-38-29(36)24-18-20-25(21-19-24)31-23-26-27(34)32(2)30(37)33(3)28(26)35/h18-21,23,31H,4-17,22H2,1-3H3. The van der Waals surface area contributed by atoms with Gasteiger partial charge in [0, 0.05) is 26.0 Å². The highest BCUT2D eigenvalue weighted by Crippen LogP contribution is 2.17. The summed E-state index contributed by atoms with van der Waals surface area (Å²) in [4.78, 5) is 50.3. The van der Waals surface area contributed by atoms with Gasteiger partial charge in [-0.25, -0.2) is 9.59 Å². The fourth-order valence-corrected chi connectivity index (χ4v) is 4.38. The van der Waals surface area contributed by atoms with Gasteiger partial charge in [-0.15, -0.1) is 0 Å². The van der Waals surface area contributed by atoms with Crippen LogP contribution >= 0.6 is 0 Å². The lowest BCUT2D eigenvalue weighted by Gasteiger charge is -2.28. The summed E-state index contributed by atoms with van der Waals surface area (Å²) in [5.74, 6) is -1.72. The van der Waals surface area contributed by atoms with Crippen LogP contribution in [0.4, 0.5) is 10.5 Å². The molecular formula is C30H45N3O5. The van der Waals surface area contributed by atoms with E-state index < -0.39 is 17.8 Å². The van der Waals surface area contributed by atoms with Crippen LogP contribution in [0.25, 0.3) is 0 Å². The molecule has 0 radical (unpaired) electrons. The zero-order valence-corrected chi connectivity index (χ0v) is 23.4. The molecule has 4 amide bonds. The molecule has 38 heavy (non-hydrogen) atoms. The number of benzene rings is 1. The third-order valence-electron chi connectivity index (χ3n) is 6.88. The number of unbranched alkanes of at least 4 members (excludes halogenated alkanes) is 13. The van der Waals surface area contributed by atoms with Crippen LogP contribution in [0.5, 0.6) is 0 Å². The largest absolute Gasteiger partial charge is 0.462 e. The van der Waals surface area contributed by atoms with Crippen LogP contribution in [0.1, 0.15) is 107 Å². The van der Waals surface area contributed by atoms with E-state index in [1.807, 2.05) is 0 Å². The van der Waals surface area contributed by atoms with Gasteiger partial charge in [-0.05, 0) is 30.7 Å². The van der Waals surface area contributed by atoms with Crippen molar-refractivity contribution in [2.24, 2.45) is 0 Å². The maximum absolute atomic E-state index is 12.3. The summed E-state index contributed by atoms with van der Waals surface area (Å²) >= 11 is 0. The van der Waals surface area contributed by atoms with Crippen molar-refractivity contribution >= 4 is 29.5 Å². The Morgan fingerprint density at radius 3 is 1.66 bits per heavy atom. The number of nitrogens with zero attached hydrogens (tertiary/aromatic N) is 2. The first-order valence-corrected chi connectivity index (χ1v) is 14.2.